The van der Waals surface area contributed by atoms with E-state index < -0.39 is 12.0 Å². The number of nitrogens with zero attached hydrogens (tertiary/aromatic N) is 2. The average Bonchev–Trinajstić information content (AvgIpc) is 3.11. The van der Waals surface area contributed by atoms with Gasteiger partial charge in [0.2, 0.25) is 0 Å². The number of H-pyrrole nitrogens is 1. The number of ether oxygens (including phenoxy) is 1. The molecule has 0 saturated carbocycles. The summed E-state index contributed by atoms with van der Waals surface area (Å²) in [7, 11) is 1.60. The van der Waals surface area contributed by atoms with Crippen LogP contribution in [0.3, 0.4) is 0 Å². The van der Waals surface area contributed by atoms with Crippen LogP contribution < -0.4 is 4.74 Å². The number of carboxylic acid groups (broad SMARTS) is 1. The molecule has 1 aromatic heterocycles. The minimum Gasteiger partial charge on any atom is -0.497 e. The van der Waals surface area contributed by atoms with Crippen LogP contribution in [0.4, 0.5) is 0 Å². The van der Waals surface area contributed by atoms with Gasteiger partial charge in [0.05, 0.1) is 12.8 Å². The van der Waals surface area contributed by atoms with Gasteiger partial charge in [0, 0.05) is 12.1 Å². The molecule has 2 N–H and O–H groups in total. The zero-order valence-corrected chi connectivity index (χ0v) is 13.4. The summed E-state index contributed by atoms with van der Waals surface area (Å²) in [5.74, 6) is -0.546. The Kier molecular flexibility index (Phi) is 4.50. The maximum atomic E-state index is 12.6. The Morgan fingerprint density at radius 1 is 1.29 bits per heavy atom. The van der Waals surface area contributed by atoms with Crippen LogP contribution in [0.15, 0.2) is 30.3 Å². The van der Waals surface area contributed by atoms with Crippen molar-refractivity contribution in [2.24, 2.45) is 0 Å². The highest BCUT2D eigenvalue weighted by atomic mass is 16.5. The second-order valence-electron chi connectivity index (χ2n) is 5.74. The number of carboxylic acids is 1. The van der Waals surface area contributed by atoms with Gasteiger partial charge in [-0.3, -0.25) is 9.89 Å². The van der Waals surface area contributed by atoms with Gasteiger partial charge in [-0.05, 0) is 49.6 Å². The summed E-state index contributed by atoms with van der Waals surface area (Å²) >= 11 is 0. The predicted octanol–water partition coefficient (Wildman–Crippen LogP) is 2.16. The third-order valence-corrected chi connectivity index (χ3v) is 4.24. The first-order valence-corrected chi connectivity index (χ1v) is 7.84. The first-order valence-electron chi connectivity index (χ1n) is 7.84. The Morgan fingerprint density at radius 2 is 2.04 bits per heavy atom. The standard InChI is InChI=1S/C17H19N3O4/c1-24-12-7-5-11(6-8-12)13-10-14(19-18-13)16(21)20-9-3-2-4-15(20)17(22)23/h5-8,10,15H,2-4,9H2,1H3,(H,18,19)(H,22,23). The molecule has 1 aliphatic heterocycles. The van der Waals surface area contributed by atoms with E-state index in [1.54, 1.807) is 13.2 Å². The number of aromatic amines is 1. The molecule has 1 aromatic carbocycles. The fourth-order valence-electron chi connectivity index (χ4n) is 2.93. The van der Waals surface area contributed by atoms with Gasteiger partial charge in [0.15, 0.2) is 0 Å². The first-order chi connectivity index (χ1) is 11.6. The number of nitrogens with one attached hydrogen (secondary N) is 1. The van der Waals surface area contributed by atoms with Crippen LogP contribution in [-0.2, 0) is 4.79 Å². The van der Waals surface area contributed by atoms with Crippen LogP contribution in [0.1, 0.15) is 29.8 Å². The highest BCUT2D eigenvalue weighted by molar-refractivity contribution is 5.96. The van der Waals surface area contributed by atoms with Crippen molar-refractivity contribution in [3.8, 4) is 17.0 Å². The van der Waals surface area contributed by atoms with Crippen molar-refractivity contribution in [1.29, 1.82) is 0 Å². The molecule has 1 unspecified atom stereocenters. The van der Waals surface area contributed by atoms with Crippen LogP contribution in [-0.4, -0.2) is 51.8 Å². The lowest BCUT2D eigenvalue weighted by Gasteiger charge is -2.32. The van der Waals surface area contributed by atoms with Crippen LogP contribution in [0.2, 0.25) is 0 Å². The van der Waals surface area contributed by atoms with Crippen molar-refractivity contribution >= 4 is 11.9 Å². The molecule has 7 heteroatoms. The van der Waals surface area contributed by atoms with Gasteiger partial charge >= 0.3 is 5.97 Å². The quantitative estimate of drug-likeness (QED) is 0.896. The van der Waals surface area contributed by atoms with E-state index in [1.165, 1.54) is 4.90 Å². The first kappa shape index (κ1) is 16.0. The van der Waals surface area contributed by atoms with Gasteiger partial charge in [-0.1, -0.05) is 0 Å². The largest absolute Gasteiger partial charge is 0.497 e. The van der Waals surface area contributed by atoms with Gasteiger partial charge in [-0.15, -0.1) is 0 Å². The van der Waals surface area contributed by atoms with E-state index in [9.17, 15) is 14.7 Å². The van der Waals surface area contributed by atoms with Crippen molar-refractivity contribution in [1.82, 2.24) is 15.1 Å². The molecule has 126 valence electrons. The number of carbonyl (C=O) groups excluding carboxylic acids is 1. The molecule has 0 aliphatic carbocycles. The van der Waals surface area contributed by atoms with Gasteiger partial charge in [0.1, 0.15) is 17.5 Å². The molecule has 0 bridgehead atoms. The molecule has 7 nitrogen and oxygen atoms in total. The Hall–Kier alpha value is -2.83. The number of likely N-dealkylation sites (tertiary alicyclic amines) is 1. The number of hydrogen-bond donors (Lipinski definition) is 2. The maximum absolute atomic E-state index is 12.6. The molecule has 1 atom stereocenters. The van der Waals surface area contributed by atoms with E-state index in [0.717, 1.165) is 24.2 Å². The van der Waals surface area contributed by atoms with Crippen LogP contribution >= 0.6 is 0 Å². The second kappa shape index (κ2) is 6.74. The van der Waals surface area contributed by atoms with Gasteiger partial charge < -0.3 is 14.7 Å². The summed E-state index contributed by atoms with van der Waals surface area (Å²) in [5.41, 5.74) is 1.78. The minimum atomic E-state index is -0.960. The molecule has 2 heterocycles. The SMILES string of the molecule is COc1ccc(-c2cc(C(=O)N3CCCCC3C(=O)O)[nH]n2)cc1. The van der Waals surface area contributed by atoms with E-state index >= 15 is 0 Å². The van der Waals surface area contributed by atoms with Crippen molar-refractivity contribution in [3.05, 3.63) is 36.0 Å². The fraction of sp³-hybridized carbons (Fsp3) is 0.353. The Balaban J connectivity index is 1.81. The lowest BCUT2D eigenvalue weighted by Crippen LogP contribution is -2.48. The lowest BCUT2D eigenvalue weighted by molar-refractivity contribution is -0.143. The van der Waals surface area contributed by atoms with E-state index in [2.05, 4.69) is 10.2 Å². The molecule has 24 heavy (non-hydrogen) atoms. The molecule has 1 saturated heterocycles. The van der Waals surface area contributed by atoms with Gasteiger partial charge in [-0.25, -0.2) is 4.79 Å². The maximum Gasteiger partial charge on any atom is 0.326 e. The zero-order chi connectivity index (χ0) is 17.1. The van der Waals surface area contributed by atoms with E-state index in [4.69, 9.17) is 4.74 Å². The van der Waals surface area contributed by atoms with Gasteiger partial charge in [-0.2, -0.15) is 5.10 Å². The number of benzene rings is 1. The van der Waals surface area contributed by atoms with E-state index in [0.29, 0.717) is 24.4 Å². The monoisotopic (exact) mass is 329 g/mol. The molecule has 1 fully saturated rings. The minimum absolute atomic E-state index is 0.300. The third-order valence-electron chi connectivity index (χ3n) is 4.24. The summed E-state index contributed by atoms with van der Waals surface area (Å²) in [6, 6.07) is 8.22. The molecule has 2 aromatic rings. The third kappa shape index (κ3) is 3.10. The molecule has 3 rings (SSSR count). The number of methoxy groups -OCH3 is 1. The summed E-state index contributed by atoms with van der Waals surface area (Å²) < 4.78 is 5.12. The van der Waals surface area contributed by atoms with Crippen molar-refractivity contribution < 1.29 is 19.4 Å². The molecular formula is C17H19N3O4. The molecule has 0 radical (unpaired) electrons. The van der Waals surface area contributed by atoms with Crippen LogP contribution in [0.5, 0.6) is 5.75 Å². The summed E-state index contributed by atoms with van der Waals surface area (Å²) in [5, 5.41) is 16.2. The number of hydrogen-bond acceptors (Lipinski definition) is 4. The average molecular weight is 329 g/mol. The number of carbonyl (C=O) groups is 2. The second-order valence-corrected chi connectivity index (χ2v) is 5.74. The van der Waals surface area contributed by atoms with Crippen LogP contribution in [0, 0.1) is 0 Å². The highest BCUT2D eigenvalue weighted by Gasteiger charge is 2.33. The van der Waals surface area contributed by atoms with E-state index in [1.807, 2.05) is 24.3 Å². The smallest absolute Gasteiger partial charge is 0.326 e. The number of aliphatic carboxylic acids is 1. The zero-order valence-electron chi connectivity index (χ0n) is 13.4. The van der Waals surface area contributed by atoms with Crippen LogP contribution in [0.25, 0.3) is 11.3 Å². The molecule has 1 amide bonds. The van der Waals surface area contributed by atoms with Crippen molar-refractivity contribution in [2.75, 3.05) is 13.7 Å². The summed E-state index contributed by atoms with van der Waals surface area (Å²) in [6.45, 7) is 0.451. The Bertz CT molecular complexity index is 739. The van der Waals surface area contributed by atoms with Crippen molar-refractivity contribution in [3.63, 3.8) is 0 Å². The number of piperidine rings is 1. The number of aromatic nitrogens is 2. The Labute approximate surface area is 139 Å². The molecular weight excluding hydrogens is 310 g/mol. The fourth-order valence-corrected chi connectivity index (χ4v) is 2.93. The topological polar surface area (TPSA) is 95.5 Å². The Morgan fingerprint density at radius 3 is 2.71 bits per heavy atom. The molecule has 0 spiro atoms. The number of amides is 1. The number of rotatable bonds is 4. The van der Waals surface area contributed by atoms with Crippen molar-refractivity contribution in [2.45, 2.75) is 25.3 Å². The lowest BCUT2D eigenvalue weighted by atomic mass is 10.0. The summed E-state index contributed by atoms with van der Waals surface area (Å²) in [6.07, 6.45) is 2.12. The van der Waals surface area contributed by atoms with Gasteiger partial charge in [0.25, 0.3) is 5.91 Å². The summed E-state index contributed by atoms with van der Waals surface area (Å²) in [4.78, 5) is 25.4. The highest BCUT2D eigenvalue weighted by Crippen LogP contribution is 2.23. The predicted molar refractivity (Wildman–Crippen MR) is 86.9 cm³/mol. The van der Waals surface area contributed by atoms with E-state index in [-0.39, 0.29) is 5.91 Å². The normalized spacial score (nSPS) is 17.5. The molecule has 1 aliphatic rings.